The van der Waals surface area contributed by atoms with Crippen LogP contribution in [-0.4, -0.2) is 45.9 Å². The van der Waals surface area contributed by atoms with Crippen molar-refractivity contribution in [2.24, 2.45) is 0 Å². The van der Waals surface area contributed by atoms with Crippen LogP contribution in [0.5, 0.6) is 0 Å². The fraction of sp³-hybridized carbons (Fsp3) is 0.238. The van der Waals surface area contributed by atoms with Crippen molar-refractivity contribution in [3.05, 3.63) is 71.8 Å². The lowest BCUT2D eigenvalue weighted by atomic mass is 10.2. The Bertz CT molecular complexity index is 760. The molecule has 0 radical (unpaired) electrons. The van der Waals surface area contributed by atoms with Gasteiger partial charge in [-0.2, -0.15) is 0 Å². The van der Waals surface area contributed by atoms with E-state index in [0.29, 0.717) is 9.98 Å². The fourth-order valence-corrected chi connectivity index (χ4v) is 2.61. The molecule has 2 amide bonds. The van der Waals surface area contributed by atoms with Crippen molar-refractivity contribution in [1.29, 1.82) is 0 Å². The first-order chi connectivity index (χ1) is 13.9. The summed E-state index contributed by atoms with van der Waals surface area (Å²) in [5.41, 5.74) is 6.77. The minimum absolute atomic E-state index is 0.358. The summed E-state index contributed by atoms with van der Waals surface area (Å²) in [6.07, 6.45) is -0.358. The lowest BCUT2D eigenvalue weighted by Crippen LogP contribution is -2.47. The van der Waals surface area contributed by atoms with E-state index in [-0.39, 0.29) is 6.42 Å². The highest BCUT2D eigenvalue weighted by atomic mass is 32.1. The Morgan fingerprint density at radius 1 is 0.724 bits per heavy atom. The normalized spacial score (nSPS) is 9.38. The maximum Gasteiger partial charge on any atom is 0.248 e. The second-order valence-electron chi connectivity index (χ2n) is 5.71. The third-order valence-corrected chi connectivity index (χ3v) is 4.58. The molecule has 0 heterocycles. The third-order valence-electron chi connectivity index (χ3n) is 3.56. The van der Waals surface area contributed by atoms with Crippen LogP contribution in [-0.2, 0) is 9.59 Å². The Morgan fingerprint density at radius 2 is 1.03 bits per heavy atom. The number of nitrogens with zero attached hydrogens (tertiary/aromatic N) is 2. The number of carbonyl (C=O) groups is 2. The van der Waals surface area contributed by atoms with Crippen molar-refractivity contribution in [2.45, 2.75) is 20.3 Å². The summed E-state index contributed by atoms with van der Waals surface area (Å²) < 4.78 is 0. The molecule has 0 aliphatic heterocycles. The lowest BCUT2D eigenvalue weighted by molar-refractivity contribution is -0.132. The average Bonchev–Trinajstić information content (AvgIpc) is 2.74. The molecule has 0 aliphatic rings. The maximum atomic E-state index is 12.1. The first kappa shape index (κ1) is 24.2. The minimum atomic E-state index is -0.479. The summed E-state index contributed by atoms with van der Waals surface area (Å²) in [6.45, 7) is 4.00. The van der Waals surface area contributed by atoms with Gasteiger partial charge in [-0.25, -0.2) is 0 Å². The number of hydrogen-bond donors (Lipinski definition) is 2. The Morgan fingerprint density at radius 3 is 1.34 bits per heavy atom. The largest absolute Gasteiger partial charge is 0.277 e. The monoisotopic (exact) mass is 430 g/mol. The molecule has 0 bridgehead atoms. The summed E-state index contributed by atoms with van der Waals surface area (Å²) in [6, 6.07) is 18.6. The van der Waals surface area contributed by atoms with Crippen LogP contribution in [0.25, 0.3) is 0 Å². The fourth-order valence-electron chi connectivity index (χ4n) is 2.25. The van der Waals surface area contributed by atoms with Crippen LogP contribution < -0.4 is 10.9 Å². The predicted molar refractivity (Wildman–Crippen MR) is 124 cm³/mol. The van der Waals surface area contributed by atoms with Gasteiger partial charge in [0, 0.05) is 25.2 Å². The molecule has 2 aromatic carbocycles. The van der Waals surface area contributed by atoms with E-state index in [1.807, 2.05) is 74.5 Å². The molecule has 0 spiro atoms. The van der Waals surface area contributed by atoms with Crippen LogP contribution in [0.3, 0.4) is 0 Å². The highest BCUT2D eigenvalue weighted by Crippen LogP contribution is 2.04. The Hall–Kier alpha value is -2.84. The molecule has 0 aromatic heterocycles. The van der Waals surface area contributed by atoms with E-state index in [0.717, 1.165) is 11.1 Å². The van der Waals surface area contributed by atoms with Gasteiger partial charge in [0.1, 0.15) is 16.4 Å². The van der Waals surface area contributed by atoms with E-state index in [4.69, 9.17) is 24.4 Å². The molecule has 2 aromatic rings. The Balaban J connectivity index is 0.00000204. The zero-order chi connectivity index (χ0) is 21.8. The molecule has 0 saturated carbocycles. The number of nitrogens with one attached hydrogen (secondary N) is 2. The Kier molecular flexibility index (Phi) is 10.5. The van der Waals surface area contributed by atoms with Crippen molar-refractivity contribution in [3.8, 4) is 0 Å². The average molecular weight is 431 g/mol. The van der Waals surface area contributed by atoms with Crippen LogP contribution in [0.2, 0.25) is 0 Å². The molecular weight excluding hydrogens is 404 g/mol. The summed E-state index contributed by atoms with van der Waals surface area (Å²) in [4.78, 5) is 25.1. The smallest absolute Gasteiger partial charge is 0.248 e. The van der Waals surface area contributed by atoms with E-state index >= 15 is 0 Å². The van der Waals surface area contributed by atoms with E-state index in [9.17, 15) is 9.59 Å². The third kappa shape index (κ3) is 7.97. The molecule has 2 rings (SSSR count). The first-order valence-electron chi connectivity index (χ1n) is 9.13. The summed E-state index contributed by atoms with van der Waals surface area (Å²) in [5.74, 6) is -0.959. The molecule has 0 aliphatic carbocycles. The zero-order valence-electron chi connectivity index (χ0n) is 17.0. The molecule has 0 atom stereocenters. The predicted octanol–water partition coefficient (Wildman–Crippen LogP) is 3.08. The molecule has 0 saturated heterocycles. The minimum Gasteiger partial charge on any atom is -0.277 e. The number of hydrazine groups is 2. The van der Waals surface area contributed by atoms with Crippen molar-refractivity contribution in [1.82, 2.24) is 20.9 Å². The molecule has 154 valence electrons. The van der Waals surface area contributed by atoms with E-state index in [1.54, 1.807) is 14.1 Å². The summed E-state index contributed by atoms with van der Waals surface area (Å²) >= 11 is 10.6. The quantitative estimate of drug-likeness (QED) is 0.442. The second-order valence-corrected chi connectivity index (χ2v) is 6.48. The Labute approximate surface area is 182 Å². The molecular formula is C21H26N4O2S2. The lowest BCUT2D eigenvalue weighted by Gasteiger charge is -2.23. The van der Waals surface area contributed by atoms with E-state index < -0.39 is 11.8 Å². The van der Waals surface area contributed by atoms with Gasteiger partial charge >= 0.3 is 0 Å². The number of hydrogen-bond acceptors (Lipinski definition) is 4. The van der Waals surface area contributed by atoms with Crippen LogP contribution >= 0.6 is 24.4 Å². The van der Waals surface area contributed by atoms with Gasteiger partial charge in [-0.15, -0.1) is 0 Å². The van der Waals surface area contributed by atoms with Gasteiger partial charge in [0.2, 0.25) is 11.8 Å². The van der Waals surface area contributed by atoms with Gasteiger partial charge in [-0.05, 0) is 0 Å². The van der Waals surface area contributed by atoms with Crippen molar-refractivity contribution >= 4 is 46.2 Å². The first-order valence-corrected chi connectivity index (χ1v) is 9.95. The summed E-state index contributed by atoms with van der Waals surface area (Å²) in [5, 5.41) is 2.83. The SMILES string of the molecule is CC.CN(NC(=O)CC(=O)NN(C)C(=S)c1ccccc1)C(=S)c1ccccc1. The molecule has 0 fully saturated rings. The maximum absolute atomic E-state index is 12.1. The van der Waals surface area contributed by atoms with Crippen molar-refractivity contribution in [3.63, 3.8) is 0 Å². The highest BCUT2D eigenvalue weighted by molar-refractivity contribution is 7.80. The molecule has 0 unspecified atom stereocenters. The van der Waals surface area contributed by atoms with Gasteiger partial charge < -0.3 is 0 Å². The van der Waals surface area contributed by atoms with Crippen LogP contribution in [0.1, 0.15) is 31.4 Å². The van der Waals surface area contributed by atoms with Crippen molar-refractivity contribution < 1.29 is 9.59 Å². The van der Waals surface area contributed by atoms with Crippen LogP contribution in [0, 0.1) is 0 Å². The van der Waals surface area contributed by atoms with Gasteiger partial charge in [-0.3, -0.25) is 30.5 Å². The van der Waals surface area contributed by atoms with Gasteiger partial charge in [0.15, 0.2) is 0 Å². The number of carbonyl (C=O) groups excluding carboxylic acids is 2. The van der Waals surface area contributed by atoms with Gasteiger partial charge in [0.05, 0.1) is 0 Å². The van der Waals surface area contributed by atoms with Crippen LogP contribution in [0.15, 0.2) is 60.7 Å². The van der Waals surface area contributed by atoms with E-state index in [2.05, 4.69) is 10.9 Å². The zero-order valence-corrected chi connectivity index (χ0v) is 18.6. The molecule has 2 N–H and O–H groups in total. The summed E-state index contributed by atoms with van der Waals surface area (Å²) in [7, 11) is 3.25. The number of thiocarbonyl (C=S) groups is 2. The molecule has 6 nitrogen and oxygen atoms in total. The highest BCUT2D eigenvalue weighted by Gasteiger charge is 2.16. The standard InChI is InChI=1S/C19H20N4O2S2.C2H6/c1-22(18(26)14-9-5-3-6-10-14)20-16(24)13-17(25)21-23(2)19(27)15-11-7-4-8-12-15;1-2/h3-12H,13H2,1-2H3,(H,20,24)(H,21,25);1-2H3. The second kappa shape index (κ2) is 12.6. The van der Waals surface area contributed by atoms with E-state index in [1.165, 1.54) is 10.0 Å². The number of amides is 2. The van der Waals surface area contributed by atoms with Crippen LogP contribution in [0.4, 0.5) is 0 Å². The van der Waals surface area contributed by atoms with Gasteiger partial charge in [-0.1, -0.05) is 98.9 Å². The molecule has 8 heteroatoms. The number of rotatable bonds is 4. The van der Waals surface area contributed by atoms with Gasteiger partial charge in [0.25, 0.3) is 0 Å². The topological polar surface area (TPSA) is 64.7 Å². The number of benzene rings is 2. The van der Waals surface area contributed by atoms with Crippen molar-refractivity contribution in [2.75, 3.05) is 14.1 Å². The molecule has 29 heavy (non-hydrogen) atoms.